The van der Waals surface area contributed by atoms with Gasteiger partial charge in [-0.15, -0.1) is 0 Å². The molecule has 0 saturated carbocycles. The summed E-state index contributed by atoms with van der Waals surface area (Å²) in [5.74, 6) is 0.00834. The Hall–Kier alpha value is -2.99. The van der Waals surface area contributed by atoms with Crippen LogP contribution in [0.5, 0.6) is 11.5 Å². The molecule has 5 nitrogen and oxygen atoms in total. The molecule has 0 unspecified atom stereocenters. The molecule has 0 fully saturated rings. The minimum Gasteiger partial charge on any atom is -0.508 e. The molecule has 0 aliphatic heterocycles. The van der Waals surface area contributed by atoms with E-state index in [1.165, 1.54) is 24.3 Å². The Morgan fingerprint density at radius 3 is 2.24 bits per heavy atom. The molecule has 0 spiro atoms. The molecular weight excluding hydrogens is 338 g/mol. The van der Waals surface area contributed by atoms with E-state index in [9.17, 15) is 18.6 Å². The van der Waals surface area contributed by atoms with Gasteiger partial charge in [0.25, 0.3) is 10.0 Å². The van der Waals surface area contributed by atoms with E-state index >= 15 is 0 Å². The first-order valence-electron chi connectivity index (χ1n) is 7.58. The van der Waals surface area contributed by atoms with Crippen molar-refractivity contribution in [3.63, 3.8) is 0 Å². The van der Waals surface area contributed by atoms with Gasteiger partial charge in [-0.2, -0.15) is 0 Å². The monoisotopic (exact) mass is 355 g/mol. The number of phenolic OH excluding ortho intramolecular Hbond substituents is 2. The Morgan fingerprint density at radius 2 is 1.56 bits per heavy atom. The van der Waals surface area contributed by atoms with E-state index in [0.717, 1.165) is 0 Å². The highest BCUT2D eigenvalue weighted by molar-refractivity contribution is 7.92. The topological polar surface area (TPSA) is 86.6 Å². The van der Waals surface area contributed by atoms with Gasteiger partial charge in [-0.3, -0.25) is 4.72 Å². The number of aryl methyl sites for hydroxylation is 1. The summed E-state index contributed by atoms with van der Waals surface area (Å²) in [5, 5.41) is 19.8. The van der Waals surface area contributed by atoms with E-state index < -0.39 is 10.0 Å². The molecular formula is C19H17NO4S. The van der Waals surface area contributed by atoms with E-state index in [-0.39, 0.29) is 22.1 Å². The lowest BCUT2D eigenvalue weighted by atomic mass is 10.1. The summed E-state index contributed by atoms with van der Waals surface area (Å²) in [4.78, 5) is 0.0178. The lowest BCUT2D eigenvalue weighted by molar-refractivity contribution is 0.471. The van der Waals surface area contributed by atoms with Gasteiger partial charge in [-0.25, -0.2) is 8.42 Å². The van der Waals surface area contributed by atoms with Gasteiger partial charge in [-0.1, -0.05) is 36.4 Å². The summed E-state index contributed by atoms with van der Waals surface area (Å²) < 4.78 is 27.7. The molecule has 3 aromatic carbocycles. The summed E-state index contributed by atoms with van der Waals surface area (Å²) in [5.41, 5.74) is 2.05. The first-order valence-corrected chi connectivity index (χ1v) is 9.06. The quantitative estimate of drug-likeness (QED) is 0.663. The van der Waals surface area contributed by atoms with Gasteiger partial charge in [0.05, 0.1) is 10.6 Å². The number of anilines is 1. The molecule has 0 aliphatic carbocycles. The van der Waals surface area contributed by atoms with Crippen molar-refractivity contribution in [1.82, 2.24) is 0 Å². The van der Waals surface area contributed by atoms with E-state index in [0.29, 0.717) is 16.7 Å². The van der Waals surface area contributed by atoms with Crippen molar-refractivity contribution < 1.29 is 18.6 Å². The molecule has 25 heavy (non-hydrogen) atoms. The van der Waals surface area contributed by atoms with Crippen molar-refractivity contribution in [1.29, 1.82) is 0 Å². The number of rotatable bonds is 4. The fraction of sp³-hybridized carbons (Fsp3) is 0.0526. The maximum absolute atomic E-state index is 12.6. The Kier molecular flexibility index (Phi) is 4.37. The van der Waals surface area contributed by atoms with Crippen molar-refractivity contribution in [2.24, 2.45) is 0 Å². The van der Waals surface area contributed by atoms with Crippen LogP contribution in [0.25, 0.3) is 11.1 Å². The van der Waals surface area contributed by atoms with Crippen LogP contribution in [0.4, 0.5) is 5.69 Å². The highest BCUT2D eigenvalue weighted by Crippen LogP contribution is 2.32. The van der Waals surface area contributed by atoms with Gasteiger partial charge in [-0.05, 0) is 42.3 Å². The maximum Gasteiger partial charge on any atom is 0.261 e. The lowest BCUT2D eigenvalue weighted by Crippen LogP contribution is -2.13. The molecule has 3 rings (SSSR count). The van der Waals surface area contributed by atoms with E-state index in [1.54, 1.807) is 31.2 Å². The van der Waals surface area contributed by atoms with Crippen molar-refractivity contribution in [2.45, 2.75) is 11.8 Å². The highest BCUT2D eigenvalue weighted by atomic mass is 32.2. The second kappa shape index (κ2) is 6.49. The van der Waals surface area contributed by atoms with Crippen molar-refractivity contribution >= 4 is 15.7 Å². The first-order chi connectivity index (χ1) is 11.9. The summed E-state index contributed by atoms with van der Waals surface area (Å²) >= 11 is 0. The van der Waals surface area contributed by atoms with Gasteiger partial charge in [0, 0.05) is 11.6 Å². The Labute approximate surface area is 146 Å². The summed E-state index contributed by atoms with van der Waals surface area (Å²) in [7, 11) is -3.86. The fourth-order valence-corrected chi connectivity index (χ4v) is 3.49. The Bertz CT molecular complexity index is 1010. The molecule has 0 amide bonds. The van der Waals surface area contributed by atoms with E-state index in [2.05, 4.69) is 4.72 Å². The second-order valence-corrected chi connectivity index (χ2v) is 7.33. The van der Waals surface area contributed by atoms with Crippen LogP contribution in [0.3, 0.4) is 0 Å². The number of nitrogens with one attached hydrogen (secondary N) is 1. The zero-order valence-electron chi connectivity index (χ0n) is 13.5. The van der Waals surface area contributed by atoms with E-state index in [4.69, 9.17) is 0 Å². The summed E-state index contributed by atoms with van der Waals surface area (Å²) in [6.45, 7) is 1.72. The number of hydrogen-bond acceptors (Lipinski definition) is 4. The zero-order valence-corrected chi connectivity index (χ0v) is 14.3. The van der Waals surface area contributed by atoms with Crippen LogP contribution < -0.4 is 4.72 Å². The molecule has 0 saturated heterocycles. The molecule has 0 radical (unpaired) electrons. The number of aromatic hydroxyl groups is 2. The normalized spacial score (nSPS) is 11.2. The summed E-state index contributed by atoms with van der Waals surface area (Å²) in [6.07, 6.45) is 0. The van der Waals surface area contributed by atoms with Crippen LogP contribution in [-0.4, -0.2) is 18.6 Å². The van der Waals surface area contributed by atoms with Gasteiger partial charge in [0.15, 0.2) is 0 Å². The molecule has 0 aromatic heterocycles. The minimum atomic E-state index is -3.86. The van der Waals surface area contributed by atoms with Crippen LogP contribution in [-0.2, 0) is 10.0 Å². The largest absolute Gasteiger partial charge is 0.508 e. The molecule has 0 atom stereocenters. The molecule has 128 valence electrons. The van der Waals surface area contributed by atoms with Crippen LogP contribution >= 0.6 is 0 Å². The van der Waals surface area contributed by atoms with Crippen LogP contribution in [0.1, 0.15) is 5.56 Å². The Balaban J connectivity index is 1.99. The molecule has 0 heterocycles. The fourth-order valence-electron chi connectivity index (χ4n) is 2.42. The number of hydrogen-bond donors (Lipinski definition) is 3. The van der Waals surface area contributed by atoms with E-state index in [1.807, 2.05) is 18.2 Å². The third kappa shape index (κ3) is 3.59. The van der Waals surface area contributed by atoms with Crippen LogP contribution in [0.2, 0.25) is 0 Å². The van der Waals surface area contributed by atoms with Crippen molar-refractivity contribution in [3.8, 4) is 22.6 Å². The van der Waals surface area contributed by atoms with Crippen molar-refractivity contribution in [3.05, 3.63) is 72.3 Å². The van der Waals surface area contributed by atoms with Crippen LogP contribution in [0.15, 0.2) is 71.6 Å². The third-order valence-corrected chi connectivity index (χ3v) is 5.20. The number of phenols is 2. The summed E-state index contributed by atoms with van der Waals surface area (Å²) in [6, 6.07) is 17.7. The standard InChI is InChI=1S/C19H17NO4S/c1-13-7-8-15(11-19(13)22)20-25(23,24)16-9-10-18(21)17(12-16)14-5-3-2-4-6-14/h2-12,20-22H,1H3. The average molecular weight is 355 g/mol. The third-order valence-electron chi connectivity index (χ3n) is 3.82. The molecule has 0 aliphatic rings. The average Bonchev–Trinajstić information content (AvgIpc) is 2.59. The van der Waals surface area contributed by atoms with Crippen LogP contribution in [0, 0.1) is 6.92 Å². The Morgan fingerprint density at radius 1 is 0.840 bits per heavy atom. The smallest absolute Gasteiger partial charge is 0.261 e. The molecule has 3 aromatic rings. The molecule has 3 N–H and O–H groups in total. The number of benzene rings is 3. The maximum atomic E-state index is 12.6. The predicted molar refractivity (Wildman–Crippen MR) is 97.2 cm³/mol. The predicted octanol–water partition coefficient (Wildman–Crippen LogP) is 3.87. The van der Waals surface area contributed by atoms with Gasteiger partial charge in [0.2, 0.25) is 0 Å². The minimum absolute atomic E-state index is 0.00173. The highest BCUT2D eigenvalue weighted by Gasteiger charge is 2.17. The molecule has 6 heteroatoms. The van der Waals surface area contributed by atoms with Gasteiger partial charge in [0.1, 0.15) is 11.5 Å². The van der Waals surface area contributed by atoms with Crippen molar-refractivity contribution in [2.75, 3.05) is 4.72 Å². The first kappa shape index (κ1) is 16.9. The molecule has 0 bridgehead atoms. The van der Waals surface area contributed by atoms with Gasteiger partial charge < -0.3 is 10.2 Å². The van der Waals surface area contributed by atoms with Gasteiger partial charge >= 0.3 is 0 Å². The number of sulfonamides is 1. The SMILES string of the molecule is Cc1ccc(NS(=O)(=O)c2ccc(O)c(-c3ccccc3)c2)cc1O. The zero-order chi connectivity index (χ0) is 18.0. The lowest BCUT2D eigenvalue weighted by Gasteiger charge is -2.11. The second-order valence-electron chi connectivity index (χ2n) is 5.65.